The van der Waals surface area contributed by atoms with Gasteiger partial charge in [-0.3, -0.25) is 4.79 Å². The van der Waals surface area contributed by atoms with Crippen molar-refractivity contribution in [2.75, 3.05) is 0 Å². The highest BCUT2D eigenvalue weighted by molar-refractivity contribution is 7.10. The van der Waals surface area contributed by atoms with Gasteiger partial charge in [0.2, 0.25) is 5.78 Å². The molecule has 0 saturated carbocycles. The highest BCUT2D eigenvalue weighted by atomic mass is 32.1. The van der Waals surface area contributed by atoms with E-state index in [4.69, 9.17) is 4.42 Å². The molecule has 0 N–H and O–H groups in total. The minimum atomic E-state index is -0.0426. The molecule has 0 aliphatic rings. The zero-order valence-corrected chi connectivity index (χ0v) is 10.9. The minimum Gasteiger partial charge on any atom is -0.461 e. The Hall–Kier alpha value is -2.20. The Morgan fingerprint density at radius 2 is 2.00 bits per heavy atom. The number of aromatic nitrogens is 1. The van der Waals surface area contributed by atoms with Crippen LogP contribution in [0.4, 0.5) is 0 Å². The summed E-state index contributed by atoms with van der Waals surface area (Å²) in [6, 6.07) is 13.3. The Kier molecular flexibility index (Phi) is 3.25. The molecule has 4 heteroatoms. The molecule has 0 aliphatic carbocycles. The van der Waals surface area contributed by atoms with E-state index in [1.165, 1.54) is 17.6 Å². The van der Waals surface area contributed by atoms with E-state index in [1.54, 1.807) is 12.1 Å². The van der Waals surface area contributed by atoms with Gasteiger partial charge in [0, 0.05) is 10.9 Å². The summed E-state index contributed by atoms with van der Waals surface area (Å²) in [6.07, 6.45) is 1.79. The quantitative estimate of drug-likeness (QED) is 0.676. The van der Waals surface area contributed by atoms with Gasteiger partial charge in [-0.1, -0.05) is 30.3 Å². The van der Waals surface area contributed by atoms with Gasteiger partial charge in [0.1, 0.15) is 5.01 Å². The molecule has 19 heavy (non-hydrogen) atoms. The standard InChI is InChI=1S/C15H11NO2S/c17-13(14-7-4-8-18-14)9-15-16-12(10-19-15)11-5-2-1-3-6-11/h1-8,10H,9H2. The number of nitrogens with zero attached hydrogens (tertiary/aromatic N) is 1. The second-order valence-corrected chi connectivity index (χ2v) is 5.01. The number of carbonyl (C=O) groups excluding carboxylic acids is 1. The molecule has 0 atom stereocenters. The van der Waals surface area contributed by atoms with Gasteiger partial charge in [0.25, 0.3) is 0 Å². The minimum absolute atomic E-state index is 0.0426. The van der Waals surface area contributed by atoms with Crippen molar-refractivity contribution >= 4 is 17.1 Å². The first-order valence-corrected chi connectivity index (χ1v) is 6.77. The van der Waals surface area contributed by atoms with Gasteiger partial charge in [-0.2, -0.15) is 0 Å². The first-order valence-electron chi connectivity index (χ1n) is 5.89. The van der Waals surface area contributed by atoms with Crippen molar-refractivity contribution in [1.29, 1.82) is 0 Å². The number of furan rings is 1. The van der Waals surface area contributed by atoms with Crippen LogP contribution in [0.3, 0.4) is 0 Å². The normalized spacial score (nSPS) is 10.5. The van der Waals surface area contributed by atoms with Gasteiger partial charge in [0.05, 0.1) is 18.4 Å². The highest BCUT2D eigenvalue weighted by Gasteiger charge is 2.12. The first-order chi connectivity index (χ1) is 9.33. The zero-order valence-electron chi connectivity index (χ0n) is 10.1. The lowest BCUT2D eigenvalue weighted by molar-refractivity contribution is 0.0966. The molecule has 1 aromatic carbocycles. The smallest absolute Gasteiger partial charge is 0.204 e. The van der Waals surface area contributed by atoms with Crippen LogP contribution in [0.25, 0.3) is 11.3 Å². The van der Waals surface area contributed by atoms with E-state index in [2.05, 4.69) is 4.98 Å². The maximum absolute atomic E-state index is 11.9. The van der Waals surface area contributed by atoms with Gasteiger partial charge in [-0.25, -0.2) is 4.98 Å². The van der Waals surface area contributed by atoms with Crippen LogP contribution in [0.15, 0.2) is 58.5 Å². The Bertz CT molecular complexity index is 671. The summed E-state index contributed by atoms with van der Waals surface area (Å²) < 4.78 is 5.09. The molecule has 0 saturated heterocycles. The first kappa shape index (κ1) is 11.9. The average molecular weight is 269 g/mol. The Balaban J connectivity index is 1.77. The summed E-state index contributed by atoms with van der Waals surface area (Å²) in [6.45, 7) is 0. The van der Waals surface area contributed by atoms with Crippen LogP contribution in [0.1, 0.15) is 15.6 Å². The van der Waals surface area contributed by atoms with Gasteiger partial charge in [-0.05, 0) is 12.1 Å². The topological polar surface area (TPSA) is 43.1 Å². The van der Waals surface area contributed by atoms with Gasteiger partial charge < -0.3 is 4.42 Å². The van der Waals surface area contributed by atoms with Crippen LogP contribution in [0.5, 0.6) is 0 Å². The lowest BCUT2D eigenvalue weighted by Gasteiger charge is -1.95. The molecule has 3 aromatic rings. The third-order valence-corrected chi connectivity index (χ3v) is 3.58. The van der Waals surface area contributed by atoms with Crippen molar-refractivity contribution in [1.82, 2.24) is 4.98 Å². The molecule has 0 spiro atoms. The summed E-state index contributed by atoms with van der Waals surface area (Å²) in [5.41, 5.74) is 1.98. The number of hydrogen-bond acceptors (Lipinski definition) is 4. The molecule has 3 rings (SSSR count). The number of Topliss-reactive ketones (excluding diaryl/α,β-unsaturated/α-hetero) is 1. The monoisotopic (exact) mass is 269 g/mol. The van der Waals surface area contributed by atoms with E-state index in [9.17, 15) is 4.79 Å². The van der Waals surface area contributed by atoms with Crippen LogP contribution in [-0.2, 0) is 6.42 Å². The highest BCUT2D eigenvalue weighted by Crippen LogP contribution is 2.22. The third kappa shape index (κ3) is 2.63. The molecule has 94 valence electrons. The fraction of sp³-hybridized carbons (Fsp3) is 0.0667. The molecule has 0 bridgehead atoms. The van der Waals surface area contributed by atoms with Crippen LogP contribution < -0.4 is 0 Å². The molecule has 0 unspecified atom stereocenters. The van der Waals surface area contributed by atoms with Gasteiger partial charge in [-0.15, -0.1) is 11.3 Å². The van der Waals surface area contributed by atoms with Crippen LogP contribution in [0.2, 0.25) is 0 Å². The maximum Gasteiger partial charge on any atom is 0.204 e. The summed E-state index contributed by atoms with van der Waals surface area (Å²) in [5, 5.41) is 2.78. The molecule has 2 aromatic heterocycles. The Labute approximate surface area is 114 Å². The summed E-state index contributed by atoms with van der Waals surface area (Å²) in [5.74, 6) is 0.343. The number of ketones is 1. The van der Waals surface area contributed by atoms with Crippen LogP contribution >= 0.6 is 11.3 Å². The lowest BCUT2D eigenvalue weighted by Crippen LogP contribution is -2.01. The Morgan fingerprint density at radius 3 is 2.74 bits per heavy atom. The van der Waals surface area contributed by atoms with Crippen molar-refractivity contribution in [3.8, 4) is 11.3 Å². The zero-order chi connectivity index (χ0) is 13.1. The molecular formula is C15H11NO2S. The lowest BCUT2D eigenvalue weighted by atomic mass is 10.2. The largest absolute Gasteiger partial charge is 0.461 e. The fourth-order valence-corrected chi connectivity index (χ4v) is 2.60. The van der Waals surface area contributed by atoms with E-state index in [0.717, 1.165) is 16.3 Å². The predicted molar refractivity (Wildman–Crippen MR) is 74.3 cm³/mol. The van der Waals surface area contributed by atoms with E-state index in [-0.39, 0.29) is 12.2 Å². The molecule has 2 heterocycles. The second-order valence-electron chi connectivity index (χ2n) is 4.07. The van der Waals surface area contributed by atoms with E-state index in [0.29, 0.717) is 5.76 Å². The molecule has 0 aliphatic heterocycles. The van der Waals surface area contributed by atoms with Gasteiger partial charge in [0.15, 0.2) is 5.76 Å². The summed E-state index contributed by atoms with van der Waals surface area (Å²) in [7, 11) is 0. The third-order valence-electron chi connectivity index (χ3n) is 2.73. The summed E-state index contributed by atoms with van der Waals surface area (Å²) >= 11 is 1.50. The molecule has 3 nitrogen and oxygen atoms in total. The number of thiazole rings is 1. The van der Waals surface area contributed by atoms with Crippen molar-refractivity contribution < 1.29 is 9.21 Å². The SMILES string of the molecule is O=C(Cc1nc(-c2ccccc2)cs1)c1ccco1. The van der Waals surface area contributed by atoms with E-state index >= 15 is 0 Å². The molecule has 0 amide bonds. The van der Waals surface area contributed by atoms with Crippen LogP contribution in [-0.4, -0.2) is 10.8 Å². The molecule has 0 fully saturated rings. The molecular weight excluding hydrogens is 258 g/mol. The predicted octanol–water partition coefficient (Wildman–Crippen LogP) is 3.83. The number of carbonyl (C=O) groups is 1. The van der Waals surface area contributed by atoms with Crippen molar-refractivity contribution in [3.63, 3.8) is 0 Å². The van der Waals surface area contributed by atoms with Crippen molar-refractivity contribution in [3.05, 3.63) is 64.9 Å². The van der Waals surface area contributed by atoms with E-state index < -0.39 is 0 Å². The van der Waals surface area contributed by atoms with Gasteiger partial charge >= 0.3 is 0 Å². The number of benzene rings is 1. The fourth-order valence-electron chi connectivity index (χ4n) is 1.80. The molecule has 0 radical (unpaired) electrons. The van der Waals surface area contributed by atoms with E-state index in [1.807, 2.05) is 35.7 Å². The van der Waals surface area contributed by atoms with Crippen molar-refractivity contribution in [2.45, 2.75) is 6.42 Å². The van der Waals surface area contributed by atoms with Crippen molar-refractivity contribution in [2.24, 2.45) is 0 Å². The summed E-state index contributed by atoms with van der Waals surface area (Å²) in [4.78, 5) is 16.4. The van der Waals surface area contributed by atoms with Crippen LogP contribution in [0, 0.1) is 0 Å². The number of hydrogen-bond donors (Lipinski definition) is 0. The second kappa shape index (κ2) is 5.20. The maximum atomic E-state index is 11.9. The Morgan fingerprint density at radius 1 is 1.16 bits per heavy atom. The average Bonchev–Trinajstić information content (AvgIpc) is 3.11. The number of rotatable bonds is 4.